The summed E-state index contributed by atoms with van der Waals surface area (Å²) in [7, 11) is 0. The summed E-state index contributed by atoms with van der Waals surface area (Å²) in [6.45, 7) is 5.11. The Kier molecular flexibility index (Phi) is 4.80. The monoisotopic (exact) mass is 248 g/mol. The average molecular weight is 248 g/mol. The molecule has 0 saturated heterocycles. The Bertz CT molecular complexity index is 490. The van der Waals surface area contributed by atoms with Crippen LogP contribution in [0.5, 0.6) is 5.75 Å². The second-order valence-corrected chi connectivity index (χ2v) is 3.22. The van der Waals surface area contributed by atoms with Crippen LogP contribution in [-0.4, -0.2) is 24.8 Å². The summed E-state index contributed by atoms with van der Waals surface area (Å²) in [4.78, 5) is 33.4. The quantitative estimate of drug-likeness (QED) is 0.344. The number of aldehydes is 1. The number of hydrogen-bond acceptors (Lipinski definition) is 5. The van der Waals surface area contributed by atoms with Crippen molar-refractivity contribution in [2.75, 3.05) is 6.61 Å². The molecule has 0 saturated carbocycles. The Morgan fingerprint density at radius 3 is 2.67 bits per heavy atom. The first-order valence-electron chi connectivity index (χ1n) is 5.23. The van der Waals surface area contributed by atoms with Crippen LogP contribution in [0.2, 0.25) is 0 Å². The largest absolute Gasteiger partial charge is 0.462 e. The number of benzene rings is 1. The molecule has 1 aromatic carbocycles. The first-order valence-corrected chi connectivity index (χ1v) is 5.23. The maximum absolute atomic E-state index is 11.6. The van der Waals surface area contributed by atoms with Crippen molar-refractivity contribution in [3.05, 3.63) is 42.0 Å². The zero-order valence-corrected chi connectivity index (χ0v) is 9.84. The van der Waals surface area contributed by atoms with Crippen molar-refractivity contribution < 1.29 is 23.9 Å². The van der Waals surface area contributed by atoms with Crippen molar-refractivity contribution in [3.63, 3.8) is 0 Å². The minimum absolute atomic E-state index is 0.0250. The van der Waals surface area contributed by atoms with Gasteiger partial charge in [-0.3, -0.25) is 4.79 Å². The Hall–Kier alpha value is -2.43. The Morgan fingerprint density at radius 2 is 2.11 bits per heavy atom. The minimum Gasteiger partial charge on any atom is -0.462 e. The molecule has 0 unspecified atom stereocenters. The molecule has 5 heteroatoms. The molecule has 0 aliphatic heterocycles. The molecule has 5 nitrogen and oxygen atoms in total. The van der Waals surface area contributed by atoms with Crippen LogP contribution >= 0.6 is 0 Å². The van der Waals surface area contributed by atoms with Gasteiger partial charge >= 0.3 is 11.9 Å². The van der Waals surface area contributed by atoms with Crippen LogP contribution in [0.25, 0.3) is 0 Å². The second kappa shape index (κ2) is 6.34. The van der Waals surface area contributed by atoms with Gasteiger partial charge < -0.3 is 9.47 Å². The third-order valence-electron chi connectivity index (χ3n) is 2.01. The number of hydrogen-bond donors (Lipinski definition) is 0. The molecule has 0 aromatic heterocycles. The van der Waals surface area contributed by atoms with E-state index < -0.39 is 11.9 Å². The highest BCUT2D eigenvalue weighted by Gasteiger charge is 2.16. The van der Waals surface area contributed by atoms with E-state index in [2.05, 4.69) is 6.58 Å². The molecule has 18 heavy (non-hydrogen) atoms. The van der Waals surface area contributed by atoms with Crippen LogP contribution in [0.4, 0.5) is 0 Å². The van der Waals surface area contributed by atoms with E-state index in [-0.39, 0.29) is 23.5 Å². The van der Waals surface area contributed by atoms with E-state index in [0.717, 1.165) is 6.08 Å². The van der Waals surface area contributed by atoms with Gasteiger partial charge in [-0.05, 0) is 19.1 Å². The van der Waals surface area contributed by atoms with Crippen molar-refractivity contribution in [2.24, 2.45) is 0 Å². The first-order chi connectivity index (χ1) is 8.62. The number of carbonyl (C=O) groups is 3. The summed E-state index contributed by atoms with van der Waals surface area (Å²) in [6, 6.07) is 4.10. The van der Waals surface area contributed by atoms with Crippen molar-refractivity contribution in [1.29, 1.82) is 0 Å². The summed E-state index contributed by atoms with van der Waals surface area (Å²) in [6.07, 6.45) is 1.54. The maximum atomic E-state index is 11.6. The molecule has 0 aliphatic carbocycles. The van der Waals surface area contributed by atoms with Crippen LogP contribution in [0.3, 0.4) is 0 Å². The molecule has 0 radical (unpaired) electrons. The molecule has 1 rings (SSSR count). The van der Waals surface area contributed by atoms with Gasteiger partial charge in [-0.2, -0.15) is 0 Å². The normalized spacial score (nSPS) is 9.39. The molecule has 0 N–H and O–H groups in total. The smallest absolute Gasteiger partial charge is 0.341 e. The predicted molar refractivity (Wildman–Crippen MR) is 63.6 cm³/mol. The highest BCUT2D eigenvalue weighted by Crippen LogP contribution is 2.21. The zero-order valence-electron chi connectivity index (χ0n) is 9.84. The lowest BCUT2D eigenvalue weighted by Gasteiger charge is -2.08. The summed E-state index contributed by atoms with van der Waals surface area (Å²) < 4.78 is 9.70. The van der Waals surface area contributed by atoms with E-state index in [0.29, 0.717) is 6.29 Å². The summed E-state index contributed by atoms with van der Waals surface area (Å²) in [5.41, 5.74) is 0.368. The van der Waals surface area contributed by atoms with Crippen LogP contribution < -0.4 is 4.74 Å². The lowest BCUT2D eigenvalue weighted by molar-refractivity contribution is -0.128. The topological polar surface area (TPSA) is 69.7 Å². The van der Waals surface area contributed by atoms with Gasteiger partial charge in [0.1, 0.15) is 17.6 Å². The number of esters is 2. The van der Waals surface area contributed by atoms with E-state index in [1.165, 1.54) is 18.2 Å². The van der Waals surface area contributed by atoms with Crippen LogP contribution in [0.15, 0.2) is 30.9 Å². The summed E-state index contributed by atoms with van der Waals surface area (Å²) >= 11 is 0. The molecule has 0 aliphatic rings. The molecule has 0 heterocycles. The van der Waals surface area contributed by atoms with Crippen LogP contribution in [0.1, 0.15) is 27.6 Å². The molecule has 0 amide bonds. The third-order valence-corrected chi connectivity index (χ3v) is 2.01. The molecule has 94 valence electrons. The van der Waals surface area contributed by atoms with Gasteiger partial charge in [0.05, 0.1) is 6.61 Å². The zero-order chi connectivity index (χ0) is 13.5. The van der Waals surface area contributed by atoms with Gasteiger partial charge in [0.2, 0.25) is 0 Å². The Morgan fingerprint density at radius 1 is 1.39 bits per heavy atom. The predicted octanol–water partition coefficient (Wildman–Crippen LogP) is 1.77. The van der Waals surface area contributed by atoms with Gasteiger partial charge in [-0.15, -0.1) is 0 Å². The van der Waals surface area contributed by atoms with Crippen molar-refractivity contribution in [2.45, 2.75) is 6.92 Å². The Labute approximate surface area is 104 Å². The lowest BCUT2D eigenvalue weighted by Crippen LogP contribution is -2.11. The van der Waals surface area contributed by atoms with Gasteiger partial charge in [0.15, 0.2) is 0 Å². The van der Waals surface area contributed by atoms with E-state index in [4.69, 9.17) is 9.47 Å². The average Bonchev–Trinajstić information content (AvgIpc) is 2.38. The van der Waals surface area contributed by atoms with Gasteiger partial charge in [-0.25, -0.2) is 9.59 Å². The van der Waals surface area contributed by atoms with E-state index >= 15 is 0 Å². The Balaban J connectivity index is 3.15. The number of ether oxygens (including phenoxy) is 2. The standard InChI is InChI=1S/C13H12O5/c1-3-12(15)18-11-7-9(8-14)5-6-10(11)13(16)17-4-2/h3,5-8H,1,4H2,2H3. The fraction of sp³-hybridized carbons (Fsp3) is 0.154. The molecule has 0 atom stereocenters. The van der Waals surface area contributed by atoms with E-state index in [1.807, 2.05) is 0 Å². The van der Waals surface area contributed by atoms with E-state index in [1.54, 1.807) is 6.92 Å². The number of rotatable bonds is 5. The fourth-order valence-electron chi connectivity index (χ4n) is 1.22. The number of carbonyl (C=O) groups excluding carboxylic acids is 3. The first kappa shape index (κ1) is 13.6. The summed E-state index contributed by atoms with van der Waals surface area (Å²) in [5, 5.41) is 0. The van der Waals surface area contributed by atoms with Gasteiger partial charge in [0.25, 0.3) is 0 Å². The lowest BCUT2D eigenvalue weighted by atomic mass is 10.1. The molecule has 0 fully saturated rings. The van der Waals surface area contributed by atoms with E-state index in [9.17, 15) is 14.4 Å². The highest BCUT2D eigenvalue weighted by molar-refractivity contribution is 5.95. The maximum Gasteiger partial charge on any atom is 0.341 e. The third kappa shape index (κ3) is 3.28. The molecule has 1 aromatic rings. The minimum atomic E-state index is -0.719. The van der Waals surface area contributed by atoms with Crippen molar-refractivity contribution in [1.82, 2.24) is 0 Å². The molecular weight excluding hydrogens is 236 g/mol. The fourth-order valence-corrected chi connectivity index (χ4v) is 1.22. The van der Waals surface area contributed by atoms with Gasteiger partial charge in [0, 0.05) is 11.6 Å². The summed E-state index contributed by atoms with van der Waals surface area (Å²) in [5.74, 6) is -1.37. The molecular formula is C13H12O5. The van der Waals surface area contributed by atoms with Crippen molar-refractivity contribution in [3.8, 4) is 5.75 Å². The molecule has 0 spiro atoms. The molecule has 0 bridgehead atoms. The van der Waals surface area contributed by atoms with Crippen molar-refractivity contribution >= 4 is 18.2 Å². The van der Waals surface area contributed by atoms with Gasteiger partial charge in [-0.1, -0.05) is 12.6 Å². The highest BCUT2D eigenvalue weighted by atomic mass is 16.5. The SMILES string of the molecule is C=CC(=O)Oc1cc(C=O)ccc1C(=O)OCC. The second-order valence-electron chi connectivity index (χ2n) is 3.22. The van der Waals surface area contributed by atoms with Crippen LogP contribution in [-0.2, 0) is 9.53 Å². The van der Waals surface area contributed by atoms with Crippen LogP contribution in [0, 0.1) is 0 Å².